The Balaban J connectivity index is 0.000000119. The number of hydrogen-bond donors (Lipinski definition) is 0. The maximum atomic E-state index is 13.2. The summed E-state index contributed by atoms with van der Waals surface area (Å²) in [5, 5.41) is 2.60. The minimum atomic E-state index is -3.46. The molecule has 0 spiro atoms. The van der Waals surface area contributed by atoms with Crippen molar-refractivity contribution in [1.29, 1.82) is 0 Å². The third-order valence-electron chi connectivity index (χ3n) is 24.9. The minimum Gasteiger partial charge on any atom is -0.493 e. The smallest absolute Gasteiger partial charge is 0.376 e. The van der Waals surface area contributed by atoms with Crippen molar-refractivity contribution in [2.24, 2.45) is 69.5 Å². The second kappa shape index (κ2) is 38.0. The lowest BCUT2D eigenvalue weighted by molar-refractivity contribution is -0.179. The summed E-state index contributed by atoms with van der Waals surface area (Å²) >= 11 is 0. The fourth-order valence-corrected chi connectivity index (χ4v) is 27.4. The van der Waals surface area contributed by atoms with Crippen LogP contribution in [0.2, 0.25) is 0 Å². The molecule has 0 amide bonds. The summed E-state index contributed by atoms with van der Waals surface area (Å²) in [5.74, 6) is -3.82. The molecule has 12 bridgehead atoms. The van der Waals surface area contributed by atoms with Crippen LogP contribution >= 0.6 is 0 Å². The van der Waals surface area contributed by atoms with E-state index in [-0.39, 0.29) is 45.8 Å². The third-order valence-corrected chi connectivity index (χ3v) is 31.6. The van der Waals surface area contributed by atoms with Crippen molar-refractivity contribution in [2.75, 3.05) is 51.1 Å². The molecule has 13 fully saturated rings. The normalized spacial score (nSPS) is 26.8. The average Bonchev–Trinajstić information content (AvgIpc) is 0.744. The first-order chi connectivity index (χ1) is 54.8. The zero-order chi connectivity index (χ0) is 80.1. The van der Waals surface area contributed by atoms with Gasteiger partial charge in [0.05, 0.1) is 60.2 Å². The van der Waals surface area contributed by atoms with Gasteiger partial charge in [-0.1, -0.05) is 134 Å². The summed E-state index contributed by atoms with van der Waals surface area (Å²) in [5.41, 5.74) is -0.456. The molecule has 1 saturated heterocycles. The number of carbonyl (C=O) groups is 3. The zero-order valence-corrected chi connectivity index (χ0v) is 68.7. The van der Waals surface area contributed by atoms with Gasteiger partial charge in [0.2, 0.25) is 0 Å². The van der Waals surface area contributed by atoms with E-state index in [4.69, 9.17) is 23.7 Å². The Bertz CT molecular complexity index is 3890. The average molecular weight is 1620 g/mol. The number of ether oxygens (including phenoxy) is 5. The third kappa shape index (κ3) is 21.9. The van der Waals surface area contributed by atoms with E-state index in [1.165, 1.54) is 103 Å². The standard InChI is InChI=1S/2C18H15S.C17H21O2S.C15H21F3O2.2C14H20F2O2/c2*1-4-10-16(11-5-1)19(17-12-6-2-7-13-17)18-14-8-3-9-15-18;1-2-9-19-16-7-8-17(20-12-10-18-11-13-20)15-6-4-3-5-14(15)16;1-14(17,18)12(16)8-20-13(19)15-5-9-2-10(6-15)4-11(3-9)7-15;2*1-13(15,16)12(17)18-8-14-5-9-2-10(6-14)4-11(3-9)7-14/h2*1-15H;3-8H,2,9-13H2,1H3;9-12H,2-8H2,1H3;2*9-11H,2-8H2,1H3/q3*+1;;;. The molecule has 0 aromatic heterocycles. The topological polar surface area (TPSA) is 97.4 Å². The van der Waals surface area contributed by atoms with Gasteiger partial charge in [-0.25, -0.2) is 22.8 Å². The van der Waals surface area contributed by atoms with Gasteiger partial charge >= 0.3 is 29.8 Å². The Hall–Kier alpha value is -7.25. The fourth-order valence-electron chi connectivity index (χ4n) is 21.2. The summed E-state index contributed by atoms with van der Waals surface area (Å²) in [7, 11) is 0.294. The number of hydrogen-bond acceptors (Lipinski definition) is 8. The van der Waals surface area contributed by atoms with Gasteiger partial charge in [-0.15, -0.1) is 0 Å². The molecule has 1 unspecified atom stereocenters. The van der Waals surface area contributed by atoms with E-state index < -0.39 is 53.9 Å². The van der Waals surface area contributed by atoms with Gasteiger partial charge in [-0.2, -0.15) is 17.6 Å². The van der Waals surface area contributed by atoms with Crippen molar-refractivity contribution in [3.63, 3.8) is 0 Å². The Labute approximate surface area is 678 Å². The van der Waals surface area contributed by atoms with Crippen molar-refractivity contribution in [2.45, 2.75) is 208 Å². The van der Waals surface area contributed by atoms with E-state index >= 15 is 0 Å². The summed E-state index contributed by atoms with van der Waals surface area (Å²) in [6.45, 7) is 6.02. The number of fused-ring (bicyclic) bond motifs is 1. The molecule has 0 radical (unpaired) electrons. The lowest BCUT2D eigenvalue weighted by Crippen LogP contribution is -2.51. The molecule has 8 aromatic rings. The Morgan fingerprint density at radius 2 is 0.719 bits per heavy atom. The van der Waals surface area contributed by atoms with Crippen LogP contribution in [-0.4, -0.2) is 93.0 Å². The van der Waals surface area contributed by atoms with Gasteiger partial charge in [0, 0.05) is 53.3 Å². The molecular formula is C96H112F7O8S3+3. The first-order valence-corrected chi connectivity index (χ1v) is 45.3. The predicted molar refractivity (Wildman–Crippen MR) is 440 cm³/mol. The summed E-state index contributed by atoms with van der Waals surface area (Å²) < 4.78 is 116. The largest absolute Gasteiger partial charge is 0.493 e. The van der Waals surface area contributed by atoms with E-state index in [9.17, 15) is 45.1 Å². The zero-order valence-electron chi connectivity index (χ0n) is 66.3. The van der Waals surface area contributed by atoms with Gasteiger partial charge in [0.25, 0.3) is 5.92 Å². The van der Waals surface area contributed by atoms with E-state index in [1.54, 1.807) is 0 Å². The molecule has 21 rings (SSSR count). The van der Waals surface area contributed by atoms with Crippen LogP contribution in [0, 0.1) is 69.5 Å². The maximum absolute atomic E-state index is 13.2. The van der Waals surface area contributed by atoms with Gasteiger partial charge < -0.3 is 23.7 Å². The molecule has 1 heterocycles. The molecule has 18 heteroatoms. The van der Waals surface area contributed by atoms with Crippen LogP contribution in [0.15, 0.2) is 253 Å². The van der Waals surface area contributed by atoms with Crippen molar-refractivity contribution in [3.8, 4) is 5.75 Å². The molecule has 13 aliphatic rings. The Morgan fingerprint density at radius 3 is 1.02 bits per heavy atom. The summed E-state index contributed by atoms with van der Waals surface area (Å²) in [6.07, 6.45) is 18.8. The van der Waals surface area contributed by atoms with E-state index in [0.29, 0.717) is 49.4 Å². The molecule has 12 saturated carbocycles. The van der Waals surface area contributed by atoms with Crippen LogP contribution in [-0.2, 0) is 66.0 Å². The number of rotatable bonds is 20. The SMILES string of the molecule is CC(F)(F)C(=O)OCC12CC3CC(CC(C3)C1)C2.CC(F)(F)C(=O)OCC12CC3CC(CC(C3)C1)C2.CC(F)(F)C(F)COC(=O)C12CC3CC(CC(C3)C1)C2.CCCOc1ccc([S+]2CCOCC2)c2ccccc12.c1ccc([S+](c2ccccc2)c2ccccc2)cc1.c1ccc([S+](c2ccccc2)c2ccccc2)cc1. The second-order valence-electron chi connectivity index (χ2n) is 34.4. The van der Waals surface area contributed by atoms with Crippen LogP contribution in [0.25, 0.3) is 10.8 Å². The van der Waals surface area contributed by atoms with Crippen molar-refractivity contribution < 1.29 is 68.8 Å². The lowest BCUT2D eigenvalue weighted by atomic mass is 9.49. The molecule has 0 N–H and O–H groups in total. The van der Waals surface area contributed by atoms with Crippen LogP contribution < -0.4 is 4.74 Å². The summed E-state index contributed by atoms with van der Waals surface area (Å²) in [4.78, 5) is 44.3. The van der Waals surface area contributed by atoms with Gasteiger partial charge in [0.15, 0.2) is 40.4 Å². The number of esters is 3. The molecule has 8 nitrogen and oxygen atoms in total. The molecular weight excluding hydrogens is 1510 g/mol. The van der Waals surface area contributed by atoms with Crippen LogP contribution in [0.3, 0.4) is 0 Å². The highest BCUT2D eigenvalue weighted by molar-refractivity contribution is 7.97. The molecule has 1 aliphatic heterocycles. The number of benzene rings is 8. The van der Waals surface area contributed by atoms with Crippen molar-refractivity contribution in [3.05, 3.63) is 218 Å². The quantitative estimate of drug-likeness (QED) is 0.0322. The Kier molecular flexibility index (Phi) is 28.2. The monoisotopic (exact) mass is 1620 g/mol. The fraction of sp³-hybridized carbons (Fsp3) is 0.490. The number of carbonyl (C=O) groups excluding carboxylic acids is 3. The van der Waals surface area contributed by atoms with E-state index in [0.717, 1.165) is 137 Å². The first-order valence-electron chi connectivity index (χ1n) is 41.3. The highest BCUT2D eigenvalue weighted by Gasteiger charge is 2.57. The first kappa shape index (κ1) is 84.7. The van der Waals surface area contributed by atoms with Gasteiger partial charge in [-0.05, 0) is 266 Å². The van der Waals surface area contributed by atoms with Crippen LogP contribution in [0.1, 0.15) is 150 Å². The number of halogens is 7. The highest BCUT2D eigenvalue weighted by atomic mass is 32.2. The van der Waals surface area contributed by atoms with Crippen LogP contribution in [0.5, 0.6) is 5.75 Å². The van der Waals surface area contributed by atoms with E-state index in [2.05, 4.69) is 225 Å². The van der Waals surface area contributed by atoms with Crippen molar-refractivity contribution in [1.82, 2.24) is 0 Å². The number of alkyl halides is 7. The van der Waals surface area contributed by atoms with Gasteiger partial charge in [0.1, 0.15) is 23.9 Å². The maximum Gasteiger partial charge on any atom is 0.376 e. The molecule has 114 heavy (non-hydrogen) atoms. The molecule has 608 valence electrons. The van der Waals surface area contributed by atoms with Crippen LogP contribution in [0.4, 0.5) is 30.7 Å². The molecule has 12 aliphatic carbocycles. The van der Waals surface area contributed by atoms with E-state index in [1.807, 2.05) is 0 Å². The lowest BCUT2D eigenvalue weighted by Gasteiger charge is -2.56. The molecule has 1 atom stereocenters. The second-order valence-corrected chi connectivity index (χ2v) is 40.7. The Morgan fingerprint density at radius 1 is 0.421 bits per heavy atom. The summed E-state index contributed by atoms with van der Waals surface area (Å²) in [6, 6.07) is 77.3. The minimum absolute atomic E-state index is 0.0146. The van der Waals surface area contributed by atoms with Gasteiger partial charge in [-0.3, -0.25) is 4.79 Å². The highest BCUT2D eigenvalue weighted by Crippen LogP contribution is 2.63. The molecule has 8 aromatic carbocycles. The van der Waals surface area contributed by atoms with Crippen molar-refractivity contribution >= 4 is 61.4 Å². The predicted octanol–water partition coefficient (Wildman–Crippen LogP) is 23.7.